The van der Waals surface area contributed by atoms with E-state index >= 15 is 0 Å². The minimum Gasteiger partial charge on any atom is -0.288 e. The van der Waals surface area contributed by atoms with Crippen molar-refractivity contribution in [3.8, 4) is 0 Å². The van der Waals surface area contributed by atoms with Crippen molar-refractivity contribution in [2.45, 2.75) is 12.5 Å². The SMILES string of the molecule is CNNC(=O)C1=CC(c2ccccc2)=NC1Cc1ccccc1. The van der Waals surface area contributed by atoms with Gasteiger partial charge >= 0.3 is 0 Å². The Morgan fingerprint density at radius 2 is 1.70 bits per heavy atom. The van der Waals surface area contributed by atoms with Crippen LogP contribution in [0.4, 0.5) is 0 Å². The number of benzene rings is 2. The second-order valence-corrected chi connectivity index (χ2v) is 5.39. The van der Waals surface area contributed by atoms with E-state index in [1.807, 2.05) is 54.6 Å². The Bertz CT molecular complexity index is 736. The van der Waals surface area contributed by atoms with Crippen molar-refractivity contribution in [2.24, 2.45) is 4.99 Å². The van der Waals surface area contributed by atoms with Crippen molar-refractivity contribution < 1.29 is 4.79 Å². The Hall–Kier alpha value is -2.72. The third kappa shape index (κ3) is 3.55. The molecule has 2 aromatic rings. The van der Waals surface area contributed by atoms with Gasteiger partial charge in [0, 0.05) is 12.6 Å². The molecular formula is C19H19N3O. The molecular weight excluding hydrogens is 286 g/mol. The topological polar surface area (TPSA) is 53.5 Å². The highest BCUT2D eigenvalue weighted by Crippen LogP contribution is 2.22. The van der Waals surface area contributed by atoms with Gasteiger partial charge in [0.2, 0.25) is 0 Å². The lowest BCUT2D eigenvalue weighted by atomic mass is 10.00. The van der Waals surface area contributed by atoms with Crippen LogP contribution in [0.1, 0.15) is 11.1 Å². The lowest BCUT2D eigenvalue weighted by Crippen LogP contribution is -2.37. The number of hydrogen-bond donors (Lipinski definition) is 2. The molecule has 116 valence electrons. The molecule has 0 fully saturated rings. The van der Waals surface area contributed by atoms with Gasteiger partial charge in [-0.1, -0.05) is 60.7 Å². The molecule has 0 aliphatic carbocycles. The summed E-state index contributed by atoms with van der Waals surface area (Å²) in [4.78, 5) is 17.1. The summed E-state index contributed by atoms with van der Waals surface area (Å²) in [6.07, 6.45) is 2.59. The first-order valence-corrected chi connectivity index (χ1v) is 7.64. The van der Waals surface area contributed by atoms with Gasteiger partial charge in [0.25, 0.3) is 5.91 Å². The van der Waals surface area contributed by atoms with Crippen LogP contribution in [0.25, 0.3) is 0 Å². The smallest absolute Gasteiger partial charge is 0.263 e. The van der Waals surface area contributed by atoms with Gasteiger partial charge in [-0.15, -0.1) is 0 Å². The summed E-state index contributed by atoms with van der Waals surface area (Å²) in [5.74, 6) is -0.136. The van der Waals surface area contributed by atoms with E-state index in [0.29, 0.717) is 12.0 Å². The molecule has 0 radical (unpaired) electrons. The molecule has 0 saturated heterocycles. The minimum atomic E-state index is -0.166. The van der Waals surface area contributed by atoms with Gasteiger partial charge < -0.3 is 0 Å². The molecule has 1 aliphatic heterocycles. The van der Waals surface area contributed by atoms with E-state index in [4.69, 9.17) is 4.99 Å². The van der Waals surface area contributed by atoms with Crippen molar-refractivity contribution >= 4 is 11.6 Å². The maximum atomic E-state index is 12.3. The molecule has 0 saturated carbocycles. The van der Waals surface area contributed by atoms with E-state index in [-0.39, 0.29) is 11.9 Å². The maximum Gasteiger partial charge on any atom is 0.263 e. The van der Waals surface area contributed by atoms with Gasteiger partial charge in [-0.05, 0) is 23.6 Å². The van der Waals surface area contributed by atoms with Crippen LogP contribution < -0.4 is 10.9 Å². The molecule has 4 heteroatoms. The van der Waals surface area contributed by atoms with Crippen molar-refractivity contribution in [1.82, 2.24) is 10.9 Å². The summed E-state index contributed by atoms with van der Waals surface area (Å²) in [7, 11) is 1.68. The Morgan fingerprint density at radius 3 is 2.35 bits per heavy atom. The lowest BCUT2D eigenvalue weighted by molar-refractivity contribution is -0.118. The third-order valence-corrected chi connectivity index (χ3v) is 3.79. The fourth-order valence-corrected chi connectivity index (χ4v) is 2.68. The van der Waals surface area contributed by atoms with Gasteiger partial charge in [0.05, 0.1) is 11.8 Å². The van der Waals surface area contributed by atoms with E-state index < -0.39 is 0 Å². The van der Waals surface area contributed by atoms with Crippen molar-refractivity contribution in [2.75, 3.05) is 7.05 Å². The second-order valence-electron chi connectivity index (χ2n) is 5.39. The van der Waals surface area contributed by atoms with Crippen LogP contribution in [-0.2, 0) is 11.2 Å². The third-order valence-electron chi connectivity index (χ3n) is 3.79. The summed E-state index contributed by atoms with van der Waals surface area (Å²) < 4.78 is 0. The van der Waals surface area contributed by atoms with Crippen LogP contribution in [0.5, 0.6) is 0 Å². The molecule has 0 aromatic heterocycles. The first-order chi connectivity index (χ1) is 11.3. The van der Waals surface area contributed by atoms with Crippen molar-refractivity contribution in [1.29, 1.82) is 0 Å². The van der Waals surface area contributed by atoms with Crippen LogP contribution in [0.2, 0.25) is 0 Å². The van der Waals surface area contributed by atoms with E-state index in [1.54, 1.807) is 7.05 Å². The summed E-state index contributed by atoms with van der Waals surface area (Å²) >= 11 is 0. The number of rotatable bonds is 5. The van der Waals surface area contributed by atoms with Crippen LogP contribution in [0.15, 0.2) is 77.3 Å². The summed E-state index contributed by atoms with van der Waals surface area (Å²) in [5.41, 5.74) is 9.06. The molecule has 0 spiro atoms. The maximum absolute atomic E-state index is 12.3. The molecule has 4 nitrogen and oxygen atoms in total. The Balaban J connectivity index is 1.89. The molecule has 2 aromatic carbocycles. The van der Waals surface area contributed by atoms with Gasteiger partial charge in [-0.25, -0.2) is 5.43 Å². The zero-order valence-corrected chi connectivity index (χ0v) is 13.0. The monoisotopic (exact) mass is 305 g/mol. The highest BCUT2D eigenvalue weighted by atomic mass is 16.2. The first kappa shape index (κ1) is 15.2. The summed E-state index contributed by atoms with van der Waals surface area (Å²) in [6, 6.07) is 19.9. The molecule has 1 unspecified atom stereocenters. The fraction of sp³-hybridized carbons (Fsp3) is 0.158. The quantitative estimate of drug-likeness (QED) is 0.833. The van der Waals surface area contributed by atoms with E-state index in [0.717, 1.165) is 11.3 Å². The molecule has 1 heterocycles. The van der Waals surface area contributed by atoms with Crippen LogP contribution >= 0.6 is 0 Å². The number of amides is 1. The highest BCUT2D eigenvalue weighted by Gasteiger charge is 2.26. The van der Waals surface area contributed by atoms with E-state index in [2.05, 4.69) is 23.0 Å². The molecule has 1 aliphatic rings. The van der Waals surface area contributed by atoms with Crippen LogP contribution in [0.3, 0.4) is 0 Å². The molecule has 3 rings (SSSR count). The number of hydrogen-bond acceptors (Lipinski definition) is 3. The average Bonchev–Trinajstić information content (AvgIpc) is 3.01. The number of hydrazine groups is 1. The number of nitrogens with zero attached hydrogens (tertiary/aromatic N) is 1. The molecule has 1 amide bonds. The Labute approximate surface area is 135 Å². The predicted molar refractivity (Wildman–Crippen MR) is 92.2 cm³/mol. The molecule has 2 N–H and O–H groups in total. The van der Waals surface area contributed by atoms with Crippen LogP contribution in [-0.4, -0.2) is 24.7 Å². The zero-order chi connectivity index (χ0) is 16.1. The Kier molecular flexibility index (Phi) is 4.64. The fourth-order valence-electron chi connectivity index (χ4n) is 2.68. The average molecular weight is 305 g/mol. The normalized spacial score (nSPS) is 16.7. The number of carbonyl (C=O) groups excluding carboxylic acids is 1. The lowest BCUT2D eigenvalue weighted by Gasteiger charge is -2.12. The van der Waals surface area contributed by atoms with Gasteiger partial charge in [-0.3, -0.25) is 15.2 Å². The number of carbonyl (C=O) groups is 1. The highest BCUT2D eigenvalue weighted by molar-refractivity contribution is 6.15. The minimum absolute atomic E-state index is 0.136. The Morgan fingerprint density at radius 1 is 1.04 bits per heavy atom. The van der Waals surface area contributed by atoms with Crippen molar-refractivity contribution in [3.63, 3.8) is 0 Å². The van der Waals surface area contributed by atoms with E-state index in [1.165, 1.54) is 5.56 Å². The number of allylic oxidation sites excluding steroid dienone is 1. The van der Waals surface area contributed by atoms with Gasteiger partial charge in [0.15, 0.2) is 0 Å². The number of aliphatic imine (C=N–C) groups is 1. The molecule has 1 atom stereocenters. The predicted octanol–water partition coefficient (Wildman–Crippen LogP) is 2.28. The van der Waals surface area contributed by atoms with Gasteiger partial charge in [0.1, 0.15) is 0 Å². The van der Waals surface area contributed by atoms with Crippen LogP contribution in [0, 0.1) is 0 Å². The molecule has 0 bridgehead atoms. The largest absolute Gasteiger partial charge is 0.288 e. The summed E-state index contributed by atoms with van der Waals surface area (Å²) in [5, 5.41) is 0. The number of nitrogens with one attached hydrogen (secondary N) is 2. The van der Waals surface area contributed by atoms with Gasteiger partial charge in [-0.2, -0.15) is 0 Å². The van der Waals surface area contributed by atoms with Crippen molar-refractivity contribution in [3.05, 3.63) is 83.4 Å². The zero-order valence-electron chi connectivity index (χ0n) is 13.0. The van der Waals surface area contributed by atoms with E-state index in [9.17, 15) is 4.79 Å². The summed E-state index contributed by atoms with van der Waals surface area (Å²) in [6.45, 7) is 0. The standard InChI is InChI=1S/C19H19N3O/c1-20-22-19(23)16-13-17(15-10-6-3-7-11-15)21-18(16)12-14-8-4-2-5-9-14/h2-11,13,18,20H,12H2,1H3,(H,22,23). The second kappa shape index (κ2) is 7.03. The molecule has 23 heavy (non-hydrogen) atoms. The first-order valence-electron chi connectivity index (χ1n) is 7.64.